The number of rotatable bonds is 5. The quantitative estimate of drug-likeness (QED) is 0.340. The Morgan fingerprint density at radius 2 is 1.68 bits per heavy atom. The first-order valence-electron chi connectivity index (χ1n) is 11.5. The van der Waals surface area contributed by atoms with E-state index >= 15 is 0 Å². The van der Waals surface area contributed by atoms with Crippen LogP contribution >= 0.6 is 0 Å². The highest BCUT2D eigenvalue weighted by Crippen LogP contribution is 2.34. The van der Waals surface area contributed by atoms with Gasteiger partial charge in [-0.05, 0) is 69.9 Å². The summed E-state index contributed by atoms with van der Waals surface area (Å²) in [6, 6.07) is 10.0. The molecule has 0 spiro atoms. The molecule has 2 aromatic carbocycles. The Hall–Kier alpha value is -3.80. The van der Waals surface area contributed by atoms with Crippen molar-refractivity contribution in [2.45, 2.75) is 53.5 Å². The second-order valence-electron chi connectivity index (χ2n) is 9.24. The van der Waals surface area contributed by atoms with E-state index in [-0.39, 0.29) is 18.4 Å². The van der Waals surface area contributed by atoms with Crippen LogP contribution in [0, 0.1) is 27.7 Å². The summed E-state index contributed by atoms with van der Waals surface area (Å²) < 4.78 is 11.6. The zero-order chi connectivity index (χ0) is 24.1. The first-order valence-corrected chi connectivity index (χ1v) is 11.5. The summed E-state index contributed by atoms with van der Waals surface area (Å²) in [5.41, 5.74) is 6.02. The molecule has 2 N–H and O–H groups in total. The topological polar surface area (TPSA) is 88.2 Å². The predicted molar refractivity (Wildman–Crippen MR) is 135 cm³/mol. The molecular weight excluding hydrogens is 428 g/mol. The Morgan fingerprint density at radius 1 is 0.971 bits per heavy atom. The van der Waals surface area contributed by atoms with Crippen LogP contribution in [-0.4, -0.2) is 16.9 Å². The number of nitrogens with one attached hydrogen (secondary N) is 2. The van der Waals surface area contributed by atoms with E-state index in [0.717, 1.165) is 55.3 Å². The third-order valence-corrected chi connectivity index (χ3v) is 6.89. The molecule has 0 unspecified atom stereocenters. The SMILES string of the molecule is Cc1oc2c(C)c3oc(=O)c(CC(=O)N[C@@H](C)Cc4c[nH]c5ccccc45)c(C)c3cc2c1C. The number of aromatic nitrogens is 1. The van der Waals surface area contributed by atoms with Crippen LogP contribution in [0.15, 0.2) is 50.2 Å². The lowest BCUT2D eigenvalue weighted by Crippen LogP contribution is -2.36. The maximum absolute atomic E-state index is 12.9. The minimum Gasteiger partial charge on any atom is -0.461 e. The maximum atomic E-state index is 12.9. The van der Waals surface area contributed by atoms with Gasteiger partial charge in [-0.3, -0.25) is 4.79 Å². The molecule has 0 aliphatic rings. The number of carbonyl (C=O) groups excluding carboxylic acids is 1. The van der Waals surface area contributed by atoms with Crippen molar-refractivity contribution in [3.05, 3.63) is 80.5 Å². The van der Waals surface area contributed by atoms with Crippen molar-refractivity contribution in [1.82, 2.24) is 10.3 Å². The van der Waals surface area contributed by atoms with Gasteiger partial charge < -0.3 is 19.1 Å². The van der Waals surface area contributed by atoms with Gasteiger partial charge >= 0.3 is 5.63 Å². The Morgan fingerprint density at radius 3 is 2.47 bits per heavy atom. The molecule has 3 aromatic heterocycles. The molecule has 0 fully saturated rings. The molecule has 3 heterocycles. The summed E-state index contributed by atoms with van der Waals surface area (Å²) in [7, 11) is 0. The largest absolute Gasteiger partial charge is 0.461 e. The molecule has 6 heteroatoms. The molecule has 34 heavy (non-hydrogen) atoms. The fourth-order valence-corrected chi connectivity index (χ4v) is 4.86. The standard InChI is InChI=1S/C28H28N2O4/c1-14(10-19-13-29-24-9-7-6-8-20(19)24)30-25(31)12-23-16(3)22-11-21-15(2)18(5)33-26(21)17(4)27(22)34-28(23)32/h6-9,11,13-14,29H,10,12H2,1-5H3,(H,30,31)/t14-/m0/s1. The van der Waals surface area contributed by atoms with Gasteiger partial charge in [0.25, 0.3) is 0 Å². The summed E-state index contributed by atoms with van der Waals surface area (Å²) in [6.45, 7) is 9.69. The second kappa shape index (κ2) is 8.20. The Balaban J connectivity index is 1.41. The molecule has 5 aromatic rings. The fraction of sp³-hybridized carbons (Fsp3) is 0.286. The number of carbonyl (C=O) groups is 1. The minimum atomic E-state index is -0.480. The number of hydrogen-bond acceptors (Lipinski definition) is 4. The van der Waals surface area contributed by atoms with E-state index < -0.39 is 5.63 Å². The van der Waals surface area contributed by atoms with E-state index in [9.17, 15) is 9.59 Å². The molecule has 1 atom stereocenters. The molecule has 1 amide bonds. The minimum absolute atomic E-state index is 0.0250. The lowest BCUT2D eigenvalue weighted by Gasteiger charge is -2.15. The van der Waals surface area contributed by atoms with Crippen molar-refractivity contribution in [3.63, 3.8) is 0 Å². The van der Waals surface area contributed by atoms with Crippen molar-refractivity contribution in [3.8, 4) is 0 Å². The summed E-state index contributed by atoms with van der Waals surface area (Å²) in [5, 5.41) is 6.03. The van der Waals surface area contributed by atoms with Crippen LogP contribution in [0.2, 0.25) is 0 Å². The van der Waals surface area contributed by atoms with E-state index in [1.165, 1.54) is 0 Å². The number of fused-ring (bicyclic) bond motifs is 3. The van der Waals surface area contributed by atoms with Crippen molar-refractivity contribution < 1.29 is 13.6 Å². The number of para-hydroxylation sites is 1. The number of H-pyrrole nitrogens is 1. The van der Waals surface area contributed by atoms with Gasteiger partial charge in [0.05, 0.1) is 12.0 Å². The third kappa shape index (κ3) is 3.59. The molecule has 6 nitrogen and oxygen atoms in total. The molecule has 0 saturated carbocycles. The van der Waals surface area contributed by atoms with E-state index in [2.05, 4.69) is 16.4 Å². The van der Waals surface area contributed by atoms with Gasteiger partial charge in [-0.15, -0.1) is 0 Å². The molecule has 174 valence electrons. The molecule has 0 aliphatic carbocycles. The lowest BCUT2D eigenvalue weighted by molar-refractivity contribution is -0.121. The molecule has 0 aliphatic heterocycles. The highest BCUT2D eigenvalue weighted by atomic mass is 16.4. The van der Waals surface area contributed by atoms with Crippen LogP contribution in [0.25, 0.3) is 32.8 Å². The first kappa shape index (κ1) is 22.0. The molecule has 0 radical (unpaired) electrons. The lowest BCUT2D eigenvalue weighted by atomic mass is 9.98. The average Bonchev–Trinajstić information content (AvgIpc) is 3.33. The zero-order valence-corrected chi connectivity index (χ0v) is 20.1. The van der Waals surface area contributed by atoms with E-state index in [1.54, 1.807) is 0 Å². The first-order chi connectivity index (χ1) is 16.2. The van der Waals surface area contributed by atoms with Gasteiger partial charge in [0.15, 0.2) is 0 Å². The molecule has 0 bridgehead atoms. The van der Waals surface area contributed by atoms with Gasteiger partial charge in [-0.2, -0.15) is 0 Å². The number of furan rings is 1. The predicted octanol–water partition coefficient (Wildman–Crippen LogP) is 5.54. The normalized spacial score (nSPS) is 12.6. The van der Waals surface area contributed by atoms with Gasteiger partial charge in [-0.1, -0.05) is 18.2 Å². The number of hydrogen-bond donors (Lipinski definition) is 2. The Bertz CT molecular complexity index is 1630. The number of aromatic amines is 1. The van der Waals surface area contributed by atoms with Crippen molar-refractivity contribution in [2.75, 3.05) is 0 Å². The summed E-state index contributed by atoms with van der Waals surface area (Å²) in [6.07, 6.45) is 2.65. The van der Waals surface area contributed by atoms with E-state index in [1.807, 2.05) is 65.1 Å². The third-order valence-electron chi connectivity index (χ3n) is 6.89. The maximum Gasteiger partial charge on any atom is 0.340 e. The van der Waals surface area contributed by atoms with Gasteiger partial charge in [-0.25, -0.2) is 4.79 Å². The zero-order valence-electron chi connectivity index (χ0n) is 20.1. The number of benzene rings is 2. The number of amides is 1. The second-order valence-corrected chi connectivity index (χ2v) is 9.24. The summed E-state index contributed by atoms with van der Waals surface area (Å²) in [5.74, 6) is 0.646. The van der Waals surface area contributed by atoms with Crippen LogP contribution in [0.4, 0.5) is 0 Å². The highest BCUT2D eigenvalue weighted by Gasteiger charge is 2.21. The van der Waals surface area contributed by atoms with Crippen LogP contribution in [0.3, 0.4) is 0 Å². The van der Waals surface area contributed by atoms with E-state index in [0.29, 0.717) is 17.6 Å². The van der Waals surface area contributed by atoms with Crippen LogP contribution in [-0.2, 0) is 17.6 Å². The summed E-state index contributed by atoms with van der Waals surface area (Å²) in [4.78, 5) is 29.0. The number of aryl methyl sites for hydroxylation is 4. The average molecular weight is 457 g/mol. The van der Waals surface area contributed by atoms with Crippen molar-refractivity contribution in [2.24, 2.45) is 0 Å². The van der Waals surface area contributed by atoms with Crippen molar-refractivity contribution >= 4 is 38.7 Å². The molecular formula is C28H28N2O4. The fourth-order valence-electron chi connectivity index (χ4n) is 4.86. The smallest absolute Gasteiger partial charge is 0.340 e. The van der Waals surface area contributed by atoms with Crippen molar-refractivity contribution in [1.29, 1.82) is 0 Å². The molecule has 0 saturated heterocycles. The summed E-state index contributed by atoms with van der Waals surface area (Å²) >= 11 is 0. The van der Waals surface area contributed by atoms with E-state index in [4.69, 9.17) is 8.83 Å². The van der Waals surface area contributed by atoms with Gasteiger partial charge in [0.1, 0.15) is 16.9 Å². The van der Waals surface area contributed by atoms with Gasteiger partial charge in [0, 0.05) is 39.5 Å². The van der Waals surface area contributed by atoms with Crippen LogP contribution in [0.1, 0.15) is 40.5 Å². The molecule has 5 rings (SSSR count). The van der Waals surface area contributed by atoms with Gasteiger partial charge in [0.2, 0.25) is 5.91 Å². The van der Waals surface area contributed by atoms with Crippen LogP contribution in [0.5, 0.6) is 0 Å². The Kier molecular flexibility index (Phi) is 5.31. The highest BCUT2D eigenvalue weighted by molar-refractivity contribution is 6.00. The van der Waals surface area contributed by atoms with Crippen LogP contribution < -0.4 is 10.9 Å². The monoisotopic (exact) mass is 456 g/mol. The Labute approximate surface area is 196 Å².